The molecule has 2 atom stereocenters. The van der Waals surface area contributed by atoms with Crippen LogP contribution < -0.4 is 10.1 Å². The van der Waals surface area contributed by atoms with Gasteiger partial charge in [-0.05, 0) is 62.6 Å². The number of nitrogens with zero attached hydrogens (tertiary/aromatic N) is 3. The van der Waals surface area contributed by atoms with Gasteiger partial charge in [-0.25, -0.2) is 14.2 Å². The van der Waals surface area contributed by atoms with Gasteiger partial charge in [-0.1, -0.05) is 6.07 Å². The van der Waals surface area contributed by atoms with E-state index >= 15 is 0 Å². The molecule has 0 saturated carbocycles. The Kier molecular flexibility index (Phi) is 8.21. The van der Waals surface area contributed by atoms with Crippen molar-refractivity contribution in [3.05, 3.63) is 70.9 Å². The second-order valence-electron chi connectivity index (χ2n) is 9.01. The topological polar surface area (TPSA) is 120 Å². The van der Waals surface area contributed by atoms with E-state index in [1.54, 1.807) is 0 Å². The van der Waals surface area contributed by atoms with E-state index in [9.17, 15) is 31.4 Å². The molecule has 0 aliphatic carbocycles. The molecule has 1 saturated heterocycles. The lowest BCUT2D eigenvalue weighted by Crippen LogP contribution is -2.20. The third-order valence-corrected chi connectivity index (χ3v) is 7.70. The van der Waals surface area contributed by atoms with Gasteiger partial charge in [0.2, 0.25) is 11.8 Å². The number of rotatable bonds is 6. The summed E-state index contributed by atoms with van der Waals surface area (Å²) in [5.41, 5.74) is -2.00. The van der Waals surface area contributed by atoms with Gasteiger partial charge in [0, 0.05) is 29.6 Å². The summed E-state index contributed by atoms with van der Waals surface area (Å²) in [6.07, 6.45) is -2.64. The summed E-state index contributed by atoms with van der Waals surface area (Å²) in [6, 6.07) is 7.81. The first-order valence-electron chi connectivity index (χ1n) is 11.9. The van der Waals surface area contributed by atoms with Crippen molar-refractivity contribution in [2.75, 3.05) is 18.2 Å². The summed E-state index contributed by atoms with van der Waals surface area (Å²) < 4.78 is 82.3. The number of anilines is 1. The van der Waals surface area contributed by atoms with Crippen molar-refractivity contribution >= 4 is 27.2 Å². The fraction of sp³-hybridized carbons (Fsp3) is 0.308. The molecule has 1 aliphatic rings. The third kappa shape index (κ3) is 6.45. The van der Waals surface area contributed by atoms with Crippen LogP contribution in [0.2, 0.25) is 0 Å². The van der Waals surface area contributed by atoms with Crippen LogP contribution in [0.15, 0.2) is 51.9 Å². The molecule has 3 aromatic rings. The number of ether oxygens (including phenoxy) is 2. The summed E-state index contributed by atoms with van der Waals surface area (Å²) in [5.74, 6) is -2.95. The van der Waals surface area contributed by atoms with Gasteiger partial charge in [-0.2, -0.15) is 21.9 Å². The molecule has 3 heterocycles. The number of carbonyl (C=O) groups excluding carboxylic acids is 2. The van der Waals surface area contributed by atoms with Gasteiger partial charge in [-0.15, -0.1) is 0 Å². The molecule has 0 spiro atoms. The standard InChI is InChI=1S/C26H24F4N4O5S/c1-14-18(26(28,29)30)13-31-25(39-19-9-10-21(27)32-15(19)2)22(14)24(36)33-16-6-4-7-17(12-16)40(3,37)34-23(35)20-8-5-11-38-20/h4,6-7,9-10,12-13,20H,5,8,11H2,1-3H3,(H,33,36)/t20-,40-/m1/s1. The zero-order chi connectivity index (χ0) is 29.2. The second-order valence-corrected chi connectivity index (χ2v) is 11.3. The molecule has 1 aliphatic heterocycles. The van der Waals surface area contributed by atoms with Crippen molar-refractivity contribution in [2.24, 2.45) is 4.36 Å². The molecule has 2 aromatic heterocycles. The van der Waals surface area contributed by atoms with Crippen LogP contribution in [0.5, 0.6) is 11.6 Å². The van der Waals surface area contributed by atoms with Crippen LogP contribution in [0.25, 0.3) is 0 Å². The number of carbonyl (C=O) groups is 2. The fourth-order valence-electron chi connectivity index (χ4n) is 4.00. The number of aromatic nitrogens is 2. The SMILES string of the molecule is Cc1nc(F)ccc1Oc1ncc(C(F)(F)F)c(C)c1C(=O)Nc1cccc([S@@](C)(=O)=NC(=O)[C@H]2CCCO2)c1. The molecule has 0 bridgehead atoms. The zero-order valence-corrected chi connectivity index (χ0v) is 22.4. The largest absolute Gasteiger partial charge is 0.436 e. The molecule has 1 aromatic carbocycles. The number of alkyl halides is 3. The molecule has 9 nitrogen and oxygen atoms in total. The molecule has 1 N–H and O–H groups in total. The highest BCUT2D eigenvalue weighted by atomic mass is 32.2. The summed E-state index contributed by atoms with van der Waals surface area (Å²) in [7, 11) is -3.24. The number of amides is 2. The van der Waals surface area contributed by atoms with E-state index in [4.69, 9.17) is 9.47 Å². The van der Waals surface area contributed by atoms with Gasteiger partial charge in [0.1, 0.15) is 11.7 Å². The van der Waals surface area contributed by atoms with E-state index in [0.29, 0.717) is 25.6 Å². The maximum atomic E-state index is 13.6. The summed E-state index contributed by atoms with van der Waals surface area (Å²) in [4.78, 5) is 33.2. The van der Waals surface area contributed by atoms with Crippen LogP contribution in [0.3, 0.4) is 0 Å². The number of hydrogen-bond acceptors (Lipinski definition) is 7. The van der Waals surface area contributed by atoms with E-state index in [2.05, 4.69) is 19.6 Å². The first-order chi connectivity index (χ1) is 18.8. The number of halogens is 4. The van der Waals surface area contributed by atoms with Crippen molar-refractivity contribution in [1.29, 1.82) is 0 Å². The monoisotopic (exact) mass is 580 g/mol. The van der Waals surface area contributed by atoms with Gasteiger partial charge < -0.3 is 14.8 Å². The van der Waals surface area contributed by atoms with Gasteiger partial charge in [-0.3, -0.25) is 9.59 Å². The number of hydrogen-bond donors (Lipinski definition) is 1. The maximum Gasteiger partial charge on any atom is 0.418 e. The van der Waals surface area contributed by atoms with Gasteiger partial charge in [0.05, 0.1) is 21.0 Å². The lowest BCUT2D eigenvalue weighted by molar-refractivity contribution is -0.138. The number of benzene rings is 1. The average molecular weight is 581 g/mol. The molecule has 212 valence electrons. The summed E-state index contributed by atoms with van der Waals surface area (Å²) in [6.45, 7) is 2.91. The quantitative estimate of drug-likeness (QED) is 0.304. The molecule has 0 unspecified atom stereocenters. The van der Waals surface area contributed by atoms with Gasteiger partial charge in [0.25, 0.3) is 11.8 Å². The van der Waals surface area contributed by atoms with Crippen LogP contribution in [-0.2, 0) is 25.4 Å². The molecule has 1 fully saturated rings. The Labute approximate surface area is 227 Å². The second kappa shape index (κ2) is 11.3. The smallest absolute Gasteiger partial charge is 0.418 e. The lowest BCUT2D eigenvalue weighted by Gasteiger charge is -2.17. The maximum absolute atomic E-state index is 13.6. The van der Waals surface area contributed by atoms with Crippen LogP contribution in [-0.4, -0.2) is 45.0 Å². The Morgan fingerprint density at radius 1 is 1.20 bits per heavy atom. The van der Waals surface area contributed by atoms with E-state index in [-0.39, 0.29) is 22.0 Å². The molecular formula is C26H24F4N4O5S. The Morgan fingerprint density at radius 3 is 2.60 bits per heavy atom. The highest BCUT2D eigenvalue weighted by Crippen LogP contribution is 2.37. The van der Waals surface area contributed by atoms with Crippen LogP contribution in [0.1, 0.15) is 40.0 Å². The van der Waals surface area contributed by atoms with Crippen LogP contribution in [0.4, 0.5) is 23.2 Å². The Balaban J connectivity index is 1.69. The molecule has 0 radical (unpaired) electrons. The Bertz CT molecular complexity index is 1600. The van der Waals surface area contributed by atoms with Crippen molar-refractivity contribution in [3.63, 3.8) is 0 Å². The normalized spacial score (nSPS) is 16.7. The van der Waals surface area contributed by atoms with E-state index < -0.39 is 62.3 Å². The van der Waals surface area contributed by atoms with Gasteiger partial charge >= 0.3 is 6.18 Å². The predicted octanol–water partition coefficient (Wildman–Crippen LogP) is 5.46. The highest BCUT2D eigenvalue weighted by molar-refractivity contribution is 7.93. The minimum Gasteiger partial charge on any atom is -0.436 e. The summed E-state index contributed by atoms with van der Waals surface area (Å²) >= 11 is 0. The third-order valence-electron chi connectivity index (χ3n) is 6.04. The first-order valence-corrected chi connectivity index (χ1v) is 13.9. The fourth-order valence-corrected chi connectivity index (χ4v) is 5.24. The van der Waals surface area contributed by atoms with Crippen molar-refractivity contribution in [2.45, 2.75) is 43.9 Å². The first kappa shape index (κ1) is 29.1. The zero-order valence-electron chi connectivity index (χ0n) is 21.5. The molecule has 14 heteroatoms. The van der Waals surface area contributed by atoms with Crippen molar-refractivity contribution in [3.8, 4) is 11.6 Å². The van der Waals surface area contributed by atoms with Crippen molar-refractivity contribution < 1.29 is 40.8 Å². The Morgan fingerprint density at radius 2 is 1.95 bits per heavy atom. The Hall–Kier alpha value is -3.91. The number of nitrogens with one attached hydrogen (secondary N) is 1. The van der Waals surface area contributed by atoms with E-state index in [1.807, 2.05) is 0 Å². The van der Waals surface area contributed by atoms with Crippen LogP contribution >= 0.6 is 0 Å². The highest BCUT2D eigenvalue weighted by Gasteiger charge is 2.36. The van der Waals surface area contributed by atoms with E-state index in [0.717, 1.165) is 13.0 Å². The average Bonchev–Trinajstić information content (AvgIpc) is 3.40. The number of aryl methyl sites for hydroxylation is 1. The molecular weight excluding hydrogens is 556 g/mol. The number of pyridine rings is 2. The lowest BCUT2D eigenvalue weighted by atomic mass is 10.0. The van der Waals surface area contributed by atoms with E-state index in [1.165, 1.54) is 43.5 Å². The van der Waals surface area contributed by atoms with Crippen LogP contribution in [0, 0.1) is 19.8 Å². The summed E-state index contributed by atoms with van der Waals surface area (Å²) in [5, 5.41) is 2.47. The predicted molar refractivity (Wildman–Crippen MR) is 136 cm³/mol. The minimum atomic E-state index is -4.82. The molecule has 2 amide bonds. The van der Waals surface area contributed by atoms with Crippen molar-refractivity contribution in [1.82, 2.24) is 9.97 Å². The molecule has 4 rings (SSSR count). The molecule has 40 heavy (non-hydrogen) atoms. The minimum absolute atomic E-state index is 0.0210. The van der Waals surface area contributed by atoms with Gasteiger partial charge in [0.15, 0.2) is 5.75 Å².